The zero-order chi connectivity index (χ0) is 41.7. The van der Waals surface area contributed by atoms with E-state index in [1.807, 2.05) is 24.3 Å². The lowest BCUT2D eigenvalue weighted by atomic mass is 9.85. The number of amides is 1. The van der Waals surface area contributed by atoms with Gasteiger partial charge in [0.2, 0.25) is 0 Å². The highest BCUT2D eigenvalue weighted by molar-refractivity contribution is 8.15. The number of amidine groups is 1. The Kier molecular flexibility index (Phi) is 15.7. The molecule has 0 aliphatic carbocycles. The summed E-state index contributed by atoms with van der Waals surface area (Å²) in [5.74, 6) is -2.29. The predicted molar refractivity (Wildman–Crippen MR) is 240 cm³/mol. The van der Waals surface area contributed by atoms with Gasteiger partial charge in [-0.2, -0.15) is 0 Å². The summed E-state index contributed by atoms with van der Waals surface area (Å²) in [6.07, 6.45) is 12.4. The maximum absolute atomic E-state index is 12.6. The molecule has 1 amide bonds. The van der Waals surface area contributed by atoms with Gasteiger partial charge in [0.1, 0.15) is 10.9 Å². The first-order chi connectivity index (χ1) is 27.9. The molecular formula is C49H57N3O5S. The third-order valence-corrected chi connectivity index (χ3v) is 11.9. The van der Waals surface area contributed by atoms with E-state index in [4.69, 9.17) is 5.11 Å². The first kappa shape index (κ1) is 43.7. The van der Waals surface area contributed by atoms with E-state index in [0.29, 0.717) is 17.7 Å². The SMILES string of the molecule is CCCCCC(C)(Nc1ccc(/C=C2\N=C(SC(CC(=O)O)C(=O)O)NC2=O)cc1)c1ccc(/C=C(\c2ccccc2)c2ccc(CC(CC)CCC)c(C)c2)cc1. The Morgan fingerprint density at radius 1 is 0.879 bits per heavy atom. The van der Waals surface area contributed by atoms with Crippen LogP contribution in [0.1, 0.15) is 118 Å². The fourth-order valence-electron chi connectivity index (χ4n) is 7.45. The molecule has 1 aliphatic heterocycles. The number of aliphatic carboxylic acids is 2. The Morgan fingerprint density at radius 3 is 2.21 bits per heavy atom. The second kappa shape index (κ2) is 20.8. The number of nitrogens with one attached hydrogen (secondary N) is 2. The van der Waals surface area contributed by atoms with Crippen molar-refractivity contribution < 1.29 is 24.6 Å². The quantitative estimate of drug-likeness (QED) is 0.0398. The average Bonchev–Trinajstić information content (AvgIpc) is 3.55. The highest BCUT2D eigenvalue weighted by atomic mass is 32.2. The van der Waals surface area contributed by atoms with Crippen molar-refractivity contribution >= 4 is 58.2 Å². The summed E-state index contributed by atoms with van der Waals surface area (Å²) in [5.41, 5.74) is 10.2. The number of anilines is 1. The summed E-state index contributed by atoms with van der Waals surface area (Å²) in [5, 5.41) is 23.6. The van der Waals surface area contributed by atoms with Crippen molar-refractivity contribution in [3.63, 3.8) is 0 Å². The van der Waals surface area contributed by atoms with E-state index in [0.717, 1.165) is 48.9 Å². The third kappa shape index (κ3) is 12.1. The second-order valence-electron chi connectivity index (χ2n) is 15.4. The Hall–Kier alpha value is -5.41. The molecule has 0 saturated heterocycles. The molecule has 9 heteroatoms. The topological polar surface area (TPSA) is 128 Å². The number of unbranched alkanes of at least 4 members (excludes halogenated alkanes) is 2. The fourth-order valence-corrected chi connectivity index (χ4v) is 8.35. The molecule has 0 spiro atoms. The molecule has 58 heavy (non-hydrogen) atoms. The minimum atomic E-state index is -1.29. The van der Waals surface area contributed by atoms with Gasteiger partial charge in [0, 0.05) is 5.69 Å². The van der Waals surface area contributed by atoms with Gasteiger partial charge < -0.3 is 15.5 Å². The van der Waals surface area contributed by atoms with Crippen LogP contribution >= 0.6 is 11.8 Å². The Balaban J connectivity index is 1.37. The molecule has 0 aromatic heterocycles. The number of thioether (sulfide) groups is 1. The van der Waals surface area contributed by atoms with E-state index in [1.54, 1.807) is 6.08 Å². The van der Waals surface area contributed by atoms with Crippen molar-refractivity contribution in [3.8, 4) is 0 Å². The summed E-state index contributed by atoms with van der Waals surface area (Å²) in [4.78, 5) is 39.5. The van der Waals surface area contributed by atoms with Crippen LogP contribution in [0.2, 0.25) is 0 Å². The number of nitrogens with zero attached hydrogens (tertiary/aromatic N) is 1. The van der Waals surface area contributed by atoms with E-state index in [2.05, 4.69) is 129 Å². The van der Waals surface area contributed by atoms with Gasteiger partial charge in [0.25, 0.3) is 5.91 Å². The molecule has 0 bridgehead atoms. The molecular weight excluding hydrogens is 743 g/mol. The molecule has 3 unspecified atom stereocenters. The Morgan fingerprint density at radius 2 is 1.59 bits per heavy atom. The highest BCUT2D eigenvalue weighted by Gasteiger charge is 2.29. The van der Waals surface area contributed by atoms with Crippen LogP contribution in [-0.2, 0) is 26.3 Å². The minimum Gasteiger partial charge on any atom is -0.481 e. The lowest BCUT2D eigenvalue weighted by molar-refractivity contribution is -0.142. The Bertz CT molecular complexity index is 2130. The third-order valence-electron chi connectivity index (χ3n) is 10.9. The number of hydrogen-bond acceptors (Lipinski definition) is 6. The van der Waals surface area contributed by atoms with Gasteiger partial charge in [0.05, 0.1) is 12.0 Å². The molecule has 3 atom stereocenters. The van der Waals surface area contributed by atoms with E-state index in [1.165, 1.54) is 52.7 Å². The van der Waals surface area contributed by atoms with Gasteiger partial charge in [-0.15, -0.1) is 0 Å². The van der Waals surface area contributed by atoms with E-state index >= 15 is 0 Å². The smallest absolute Gasteiger partial charge is 0.317 e. The van der Waals surface area contributed by atoms with Gasteiger partial charge in [-0.05, 0) is 101 Å². The number of rotatable bonds is 20. The van der Waals surface area contributed by atoms with Crippen molar-refractivity contribution in [3.05, 3.63) is 142 Å². The van der Waals surface area contributed by atoms with Crippen LogP contribution in [0.3, 0.4) is 0 Å². The molecule has 1 heterocycles. The molecule has 5 rings (SSSR count). The number of aryl methyl sites for hydroxylation is 1. The van der Waals surface area contributed by atoms with Crippen LogP contribution in [0.4, 0.5) is 5.69 Å². The largest absolute Gasteiger partial charge is 0.481 e. The number of aliphatic imine (C=N–C) groups is 1. The van der Waals surface area contributed by atoms with Gasteiger partial charge in [-0.1, -0.05) is 156 Å². The number of carbonyl (C=O) groups excluding carboxylic acids is 1. The Labute approximate surface area is 348 Å². The van der Waals surface area contributed by atoms with Crippen LogP contribution in [0.5, 0.6) is 0 Å². The fraction of sp³-hybridized carbons (Fsp3) is 0.347. The average molecular weight is 800 g/mol. The maximum Gasteiger partial charge on any atom is 0.317 e. The van der Waals surface area contributed by atoms with Gasteiger partial charge >= 0.3 is 11.9 Å². The normalized spacial score (nSPS) is 15.7. The zero-order valence-electron chi connectivity index (χ0n) is 34.4. The zero-order valence-corrected chi connectivity index (χ0v) is 35.2. The van der Waals surface area contributed by atoms with Crippen LogP contribution in [-0.4, -0.2) is 38.5 Å². The number of carboxylic acid groups (broad SMARTS) is 2. The van der Waals surface area contributed by atoms with Gasteiger partial charge in [0.15, 0.2) is 5.17 Å². The van der Waals surface area contributed by atoms with Crippen LogP contribution in [0.25, 0.3) is 17.7 Å². The van der Waals surface area contributed by atoms with Crippen molar-refractivity contribution in [2.24, 2.45) is 10.9 Å². The molecule has 4 aromatic carbocycles. The molecule has 1 aliphatic rings. The van der Waals surface area contributed by atoms with Crippen molar-refractivity contribution in [2.75, 3.05) is 5.32 Å². The summed E-state index contributed by atoms with van der Waals surface area (Å²) in [7, 11) is 0. The lowest BCUT2D eigenvalue weighted by Gasteiger charge is -2.33. The molecule has 0 saturated carbocycles. The van der Waals surface area contributed by atoms with E-state index in [9.17, 15) is 19.5 Å². The van der Waals surface area contributed by atoms with Crippen LogP contribution < -0.4 is 10.6 Å². The first-order valence-corrected chi connectivity index (χ1v) is 21.4. The molecule has 4 N–H and O–H groups in total. The van der Waals surface area contributed by atoms with Gasteiger partial charge in [-0.25, -0.2) is 4.99 Å². The summed E-state index contributed by atoms with van der Waals surface area (Å²) in [6.45, 7) is 11.3. The summed E-state index contributed by atoms with van der Waals surface area (Å²) < 4.78 is 0. The van der Waals surface area contributed by atoms with Crippen molar-refractivity contribution in [1.29, 1.82) is 0 Å². The van der Waals surface area contributed by atoms with E-state index in [-0.39, 0.29) is 16.4 Å². The van der Waals surface area contributed by atoms with Crippen molar-refractivity contribution in [2.45, 2.75) is 103 Å². The number of hydrogen-bond donors (Lipinski definition) is 4. The van der Waals surface area contributed by atoms with E-state index < -0.39 is 29.5 Å². The molecule has 304 valence electrons. The van der Waals surface area contributed by atoms with Crippen LogP contribution in [0.15, 0.2) is 108 Å². The summed E-state index contributed by atoms with van der Waals surface area (Å²) >= 11 is 0.711. The molecule has 8 nitrogen and oxygen atoms in total. The molecule has 0 radical (unpaired) electrons. The second-order valence-corrected chi connectivity index (χ2v) is 16.6. The number of carbonyl (C=O) groups is 3. The minimum absolute atomic E-state index is 0.0656. The lowest BCUT2D eigenvalue weighted by Crippen LogP contribution is -2.32. The predicted octanol–water partition coefficient (Wildman–Crippen LogP) is 11.3. The van der Waals surface area contributed by atoms with Crippen LogP contribution in [0, 0.1) is 12.8 Å². The molecule has 4 aromatic rings. The monoisotopic (exact) mass is 799 g/mol. The highest BCUT2D eigenvalue weighted by Crippen LogP contribution is 2.34. The molecule has 0 fully saturated rings. The maximum atomic E-state index is 12.6. The van der Waals surface area contributed by atoms with Crippen molar-refractivity contribution in [1.82, 2.24) is 5.32 Å². The number of benzene rings is 4. The first-order valence-electron chi connectivity index (χ1n) is 20.5. The standard InChI is InChI=1S/C49H57N3O5S/c1-6-9-13-27-49(5,52-41-25-19-36(20-26-41)31-43-46(55)51-48(50-43)58-44(47(56)57)32-45(53)54)40-23-17-35(18-24-40)30-42(37-15-11-10-12-16-37)39-22-21-38(33(4)28-39)29-34(8-3)14-7-2/h10-12,15-26,28,30-31,34,44,52H,6-9,13-14,27,29,32H2,1-5H3,(H,53,54)(H,56,57)(H,50,51,55)/b42-30+,43-31-. The number of carboxylic acids is 2. The summed E-state index contributed by atoms with van der Waals surface area (Å²) in [6, 6.07) is 34.3. The van der Waals surface area contributed by atoms with Gasteiger partial charge in [-0.3, -0.25) is 19.7 Å².